The van der Waals surface area contributed by atoms with Gasteiger partial charge in [-0.3, -0.25) is 0 Å². The quantitative estimate of drug-likeness (QED) is 0.644. The van der Waals surface area contributed by atoms with Crippen LogP contribution in [-0.2, 0) is 6.54 Å². The highest BCUT2D eigenvalue weighted by Gasteiger charge is 2.14. The minimum Gasteiger partial charge on any atom is -0.184 e. The molecule has 3 heteroatoms. The van der Waals surface area contributed by atoms with Crippen LogP contribution in [0.15, 0.2) is 22.4 Å². The molecule has 2 nitrogen and oxygen atoms in total. The lowest BCUT2D eigenvalue weighted by Crippen LogP contribution is -1.89. The van der Waals surface area contributed by atoms with Crippen molar-refractivity contribution in [2.45, 2.75) is 26.3 Å². The van der Waals surface area contributed by atoms with E-state index in [2.05, 4.69) is 30.1 Å². The molecule has 0 saturated heterocycles. The van der Waals surface area contributed by atoms with E-state index in [0.29, 0.717) is 12.5 Å². The zero-order valence-electron chi connectivity index (χ0n) is 7.71. The third-order valence-corrected chi connectivity index (χ3v) is 2.53. The molecule has 1 aliphatic heterocycles. The van der Waals surface area contributed by atoms with E-state index in [0.717, 1.165) is 16.3 Å². The molecule has 1 heterocycles. The smallest absolute Gasteiger partial charge is 0.109 e. The highest BCUT2D eigenvalue weighted by atomic mass is 35.5. The van der Waals surface area contributed by atoms with E-state index in [-0.39, 0.29) is 0 Å². The summed E-state index contributed by atoms with van der Waals surface area (Å²) in [7, 11) is 0. The van der Waals surface area contributed by atoms with Crippen molar-refractivity contribution in [3.05, 3.63) is 28.3 Å². The molecule has 2 rings (SSSR count). The third-order valence-electron chi connectivity index (χ3n) is 2.24. The number of azo groups is 1. The van der Waals surface area contributed by atoms with Crippen LogP contribution >= 0.6 is 11.6 Å². The summed E-state index contributed by atoms with van der Waals surface area (Å²) in [6, 6.07) is 4.13. The van der Waals surface area contributed by atoms with Crippen molar-refractivity contribution in [3.8, 4) is 0 Å². The molecule has 0 N–H and O–H groups in total. The Balaban J connectivity index is 2.53. The zero-order valence-corrected chi connectivity index (χ0v) is 8.47. The Hall–Kier alpha value is -0.890. The van der Waals surface area contributed by atoms with Gasteiger partial charge in [0.25, 0.3) is 0 Å². The molecule has 1 aromatic carbocycles. The molecule has 0 saturated carbocycles. The van der Waals surface area contributed by atoms with Gasteiger partial charge in [0.15, 0.2) is 0 Å². The number of fused-ring (bicyclic) bond motifs is 1. The highest BCUT2D eigenvalue weighted by Crippen LogP contribution is 2.36. The monoisotopic (exact) mass is 194 g/mol. The van der Waals surface area contributed by atoms with Gasteiger partial charge in [-0.15, -0.1) is 0 Å². The van der Waals surface area contributed by atoms with Gasteiger partial charge in [0.05, 0.1) is 11.6 Å². The molecule has 0 radical (unpaired) electrons. The average molecular weight is 195 g/mol. The molecule has 0 fully saturated rings. The molecule has 1 aromatic rings. The summed E-state index contributed by atoms with van der Waals surface area (Å²) < 4.78 is 0. The van der Waals surface area contributed by atoms with Crippen molar-refractivity contribution >= 4 is 17.3 Å². The molecule has 0 aromatic heterocycles. The van der Waals surface area contributed by atoms with E-state index < -0.39 is 0 Å². The molecule has 13 heavy (non-hydrogen) atoms. The predicted molar refractivity (Wildman–Crippen MR) is 53.8 cm³/mol. The zero-order chi connectivity index (χ0) is 9.42. The van der Waals surface area contributed by atoms with Crippen molar-refractivity contribution in [2.24, 2.45) is 10.2 Å². The van der Waals surface area contributed by atoms with E-state index in [1.54, 1.807) is 0 Å². The normalized spacial score (nSPS) is 13.8. The van der Waals surface area contributed by atoms with Gasteiger partial charge in [-0.25, -0.2) is 0 Å². The van der Waals surface area contributed by atoms with Crippen molar-refractivity contribution in [3.63, 3.8) is 0 Å². The standard InChI is InChI=1S/C10H11ClN2/c1-6(2)7-3-8-5-12-13-10(8)9(11)4-7/h3-4,6H,5H2,1-2H3. The largest absolute Gasteiger partial charge is 0.184 e. The van der Waals surface area contributed by atoms with Crippen molar-refractivity contribution in [1.29, 1.82) is 0 Å². The lowest BCUT2D eigenvalue weighted by atomic mass is 10.00. The first kappa shape index (κ1) is 8.70. The van der Waals surface area contributed by atoms with Crippen LogP contribution in [0.2, 0.25) is 5.02 Å². The first-order valence-electron chi connectivity index (χ1n) is 4.38. The second-order valence-electron chi connectivity index (χ2n) is 3.56. The topological polar surface area (TPSA) is 24.7 Å². The number of hydrogen-bond donors (Lipinski definition) is 0. The first-order valence-corrected chi connectivity index (χ1v) is 4.76. The van der Waals surface area contributed by atoms with Gasteiger partial charge < -0.3 is 0 Å². The van der Waals surface area contributed by atoms with E-state index in [1.807, 2.05) is 6.07 Å². The van der Waals surface area contributed by atoms with Crippen molar-refractivity contribution < 1.29 is 0 Å². The lowest BCUT2D eigenvalue weighted by molar-refractivity contribution is 0.863. The number of benzene rings is 1. The van der Waals surface area contributed by atoms with Crippen molar-refractivity contribution in [2.75, 3.05) is 0 Å². The second kappa shape index (κ2) is 3.11. The highest BCUT2D eigenvalue weighted by molar-refractivity contribution is 6.33. The van der Waals surface area contributed by atoms with Crippen molar-refractivity contribution in [1.82, 2.24) is 0 Å². The van der Waals surface area contributed by atoms with Crippen LogP contribution in [0.1, 0.15) is 30.9 Å². The minimum atomic E-state index is 0.503. The third kappa shape index (κ3) is 1.46. The molecule has 1 aliphatic rings. The Bertz CT molecular complexity index is 369. The fraction of sp³-hybridized carbons (Fsp3) is 0.400. The van der Waals surface area contributed by atoms with Gasteiger partial charge in [0.1, 0.15) is 5.69 Å². The number of rotatable bonds is 1. The van der Waals surface area contributed by atoms with Gasteiger partial charge in [-0.2, -0.15) is 10.2 Å². The van der Waals surface area contributed by atoms with Crippen LogP contribution in [0.3, 0.4) is 0 Å². The van der Waals surface area contributed by atoms with Gasteiger partial charge in [0, 0.05) is 5.56 Å². The second-order valence-corrected chi connectivity index (χ2v) is 3.97. The Morgan fingerprint density at radius 2 is 2.15 bits per heavy atom. The molecule has 0 aliphatic carbocycles. The number of nitrogens with zero attached hydrogens (tertiary/aromatic N) is 2. The maximum atomic E-state index is 6.07. The van der Waals surface area contributed by atoms with E-state index >= 15 is 0 Å². The van der Waals surface area contributed by atoms with Crippen LogP contribution in [0.5, 0.6) is 0 Å². The van der Waals surface area contributed by atoms with Crippen LogP contribution in [0, 0.1) is 0 Å². The van der Waals surface area contributed by atoms with Gasteiger partial charge in [-0.05, 0) is 17.5 Å². The SMILES string of the molecule is CC(C)c1cc(Cl)c2c(c1)CN=N2. The summed E-state index contributed by atoms with van der Waals surface area (Å²) in [4.78, 5) is 0. The summed E-state index contributed by atoms with van der Waals surface area (Å²) in [6.45, 7) is 4.98. The molecule has 0 bridgehead atoms. The fourth-order valence-electron chi connectivity index (χ4n) is 1.43. The molecule has 0 spiro atoms. The van der Waals surface area contributed by atoms with Gasteiger partial charge >= 0.3 is 0 Å². The molecular formula is C10H11ClN2. The van der Waals surface area contributed by atoms with Gasteiger partial charge in [-0.1, -0.05) is 31.5 Å². The summed E-state index contributed by atoms with van der Waals surface area (Å²) in [6.07, 6.45) is 0. The van der Waals surface area contributed by atoms with Crippen LogP contribution in [0.25, 0.3) is 0 Å². The Morgan fingerprint density at radius 3 is 2.85 bits per heavy atom. The molecule has 0 unspecified atom stereocenters. The Morgan fingerprint density at radius 1 is 1.38 bits per heavy atom. The number of halogens is 1. The predicted octanol–water partition coefficient (Wildman–Crippen LogP) is 4.06. The molecule has 0 atom stereocenters. The summed E-state index contributed by atoms with van der Waals surface area (Å²) in [5, 5.41) is 8.67. The van der Waals surface area contributed by atoms with Gasteiger partial charge in [0.2, 0.25) is 0 Å². The lowest BCUT2D eigenvalue weighted by Gasteiger charge is -2.07. The molecular weight excluding hydrogens is 184 g/mol. The van der Waals surface area contributed by atoms with Crippen LogP contribution in [0.4, 0.5) is 5.69 Å². The Kier molecular flexibility index (Phi) is 2.08. The summed E-state index contributed by atoms with van der Waals surface area (Å²) >= 11 is 6.07. The van der Waals surface area contributed by atoms with E-state index in [1.165, 1.54) is 5.56 Å². The van der Waals surface area contributed by atoms with Crippen LogP contribution in [-0.4, -0.2) is 0 Å². The van der Waals surface area contributed by atoms with E-state index in [9.17, 15) is 0 Å². The van der Waals surface area contributed by atoms with Crippen LogP contribution < -0.4 is 0 Å². The Labute approximate surface area is 82.6 Å². The first-order chi connectivity index (χ1) is 6.18. The molecule has 68 valence electrons. The maximum Gasteiger partial charge on any atom is 0.109 e. The summed E-state index contributed by atoms with van der Waals surface area (Å²) in [5.41, 5.74) is 3.26. The average Bonchev–Trinajstić information content (AvgIpc) is 2.51. The maximum absolute atomic E-state index is 6.07. The number of hydrogen-bond acceptors (Lipinski definition) is 2. The fourth-order valence-corrected chi connectivity index (χ4v) is 1.71. The summed E-state index contributed by atoms with van der Waals surface area (Å²) in [5.74, 6) is 0.503. The van der Waals surface area contributed by atoms with E-state index in [4.69, 9.17) is 11.6 Å². The molecule has 0 amide bonds. The minimum absolute atomic E-state index is 0.503.